The number of rotatable bonds is 5. The molecule has 5 nitrogen and oxygen atoms in total. The van der Waals surface area contributed by atoms with E-state index >= 15 is 0 Å². The highest BCUT2D eigenvalue weighted by molar-refractivity contribution is 7.91. The van der Waals surface area contributed by atoms with Crippen molar-refractivity contribution < 1.29 is 8.42 Å². The summed E-state index contributed by atoms with van der Waals surface area (Å²) >= 11 is 0. The monoisotopic (exact) mass is 311 g/mol. The Morgan fingerprint density at radius 1 is 1.38 bits per heavy atom. The third-order valence-corrected chi connectivity index (χ3v) is 6.71. The molecule has 1 aromatic rings. The molecule has 1 saturated heterocycles. The Kier molecular flexibility index (Phi) is 3.64. The zero-order valence-corrected chi connectivity index (χ0v) is 14.0. The standard InChI is InChI=1S/C15H25N3O2S/c1-11-14(6-8-16-13-4-5-13)12(2)18(17-11)15(3)7-9-21(19,20)10-15/h13,16H,4-10H2,1-3H3. The summed E-state index contributed by atoms with van der Waals surface area (Å²) in [5.74, 6) is 0.488. The largest absolute Gasteiger partial charge is 0.314 e. The van der Waals surface area contributed by atoms with Crippen LogP contribution in [-0.2, 0) is 21.8 Å². The zero-order valence-electron chi connectivity index (χ0n) is 13.1. The minimum absolute atomic E-state index is 0.210. The Hall–Kier alpha value is -0.880. The maximum atomic E-state index is 11.8. The second kappa shape index (κ2) is 5.09. The molecule has 1 aliphatic heterocycles. The lowest BCUT2D eigenvalue weighted by Gasteiger charge is -2.24. The van der Waals surface area contributed by atoms with Crippen LogP contribution in [0, 0.1) is 13.8 Å². The third-order valence-electron chi connectivity index (χ3n) is 4.82. The van der Waals surface area contributed by atoms with Crippen LogP contribution in [0.4, 0.5) is 0 Å². The third kappa shape index (κ3) is 3.01. The molecule has 1 unspecified atom stereocenters. The lowest BCUT2D eigenvalue weighted by Crippen LogP contribution is -2.33. The Labute approximate surface area is 127 Å². The van der Waals surface area contributed by atoms with E-state index < -0.39 is 9.84 Å². The fraction of sp³-hybridized carbons (Fsp3) is 0.800. The Balaban J connectivity index is 1.80. The quantitative estimate of drug-likeness (QED) is 0.891. The van der Waals surface area contributed by atoms with Crippen molar-refractivity contribution >= 4 is 9.84 Å². The van der Waals surface area contributed by atoms with Crippen LogP contribution in [-0.4, -0.2) is 42.3 Å². The molecule has 2 aliphatic rings. The van der Waals surface area contributed by atoms with Crippen LogP contribution < -0.4 is 5.32 Å². The fourth-order valence-corrected chi connectivity index (χ4v) is 5.52. The summed E-state index contributed by atoms with van der Waals surface area (Å²) < 4.78 is 25.6. The highest BCUT2D eigenvalue weighted by Gasteiger charge is 2.41. The van der Waals surface area contributed by atoms with Crippen molar-refractivity contribution in [1.82, 2.24) is 15.1 Å². The molecular formula is C15H25N3O2S. The topological polar surface area (TPSA) is 64.0 Å². The summed E-state index contributed by atoms with van der Waals surface area (Å²) in [5.41, 5.74) is 3.06. The smallest absolute Gasteiger partial charge is 0.152 e. The van der Waals surface area contributed by atoms with Gasteiger partial charge in [0.1, 0.15) is 0 Å². The van der Waals surface area contributed by atoms with E-state index in [-0.39, 0.29) is 17.0 Å². The van der Waals surface area contributed by atoms with E-state index in [1.165, 1.54) is 18.4 Å². The second-order valence-electron chi connectivity index (χ2n) is 6.88. The van der Waals surface area contributed by atoms with Gasteiger partial charge >= 0.3 is 0 Å². The van der Waals surface area contributed by atoms with Crippen LogP contribution in [0.25, 0.3) is 0 Å². The maximum Gasteiger partial charge on any atom is 0.152 e. The van der Waals surface area contributed by atoms with E-state index in [1.807, 2.05) is 18.5 Å². The van der Waals surface area contributed by atoms with Crippen LogP contribution in [0.5, 0.6) is 0 Å². The molecule has 0 bridgehead atoms. The van der Waals surface area contributed by atoms with Crippen molar-refractivity contribution in [3.05, 3.63) is 17.0 Å². The highest BCUT2D eigenvalue weighted by Crippen LogP contribution is 2.32. The molecule has 0 spiro atoms. The van der Waals surface area contributed by atoms with Crippen molar-refractivity contribution in [3.8, 4) is 0 Å². The Morgan fingerprint density at radius 2 is 2.10 bits per heavy atom. The molecule has 3 rings (SSSR count). The zero-order chi connectivity index (χ0) is 15.3. The maximum absolute atomic E-state index is 11.8. The van der Waals surface area contributed by atoms with Gasteiger partial charge in [-0.05, 0) is 58.6 Å². The van der Waals surface area contributed by atoms with Gasteiger partial charge in [0.05, 0.1) is 22.7 Å². The molecule has 1 aromatic heterocycles. The predicted octanol–water partition coefficient (Wildman–Crippen LogP) is 1.33. The van der Waals surface area contributed by atoms with E-state index in [0.717, 1.165) is 30.4 Å². The normalized spacial score (nSPS) is 28.1. The lowest BCUT2D eigenvalue weighted by atomic mass is 10.0. The van der Waals surface area contributed by atoms with Gasteiger partial charge in [-0.25, -0.2) is 8.42 Å². The van der Waals surface area contributed by atoms with E-state index in [9.17, 15) is 8.42 Å². The summed E-state index contributed by atoms with van der Waals surface area (Å²) in [6, 6.07) is 0.721. The second-order valence-corrected chi connectivity index (χ2v) is 9.06. The number of hydrogen-bond acceptors (Lipinski definition) is 4. The minimum Gasteiger partial charge on any atom is -0.314 e. The first-order valence-electron chi connectivity index (χ1n) is 7.80. The lowest BCUT2D eigenvalue weighted by molar-refractivity contribution is 0.320. The first kappa shape index (κ1) is 15.0. The molecule has 2 heterocycles. The van der Waals surface area contributed by atoms with Crippen molar-refractivity contribution in [1.29, 1.82) is 0 Å². The molecule has 1 N–H and O–H groups in total. The molecule has 0 amide bonds. The number of hydrogen-bond donors (Lipinski definition) is 1. The number of sulfone groups is 1. The SMILES string of the molecule is Cc1nn(C2(C)CCS(=O)(=O)C2)c(C)c1CCNC1CC1. The first-order chi connectivity index (χ1) is 9.81. The van der Waals surface area contributed by atoms with E-state index in [0.29, 0.717) is 6.42 Å². The average molecular weight is 311 g/mol. The van der Waals surface area contributed by atoms with Crippen molar-refractivity contribution in [2.45, 2.75) is 58.0 Å². The molecule has 2 fully saturated rings. The molecular weight excluding hydrogens is 286 g/mol. The summed E-state index contributed by atoms with van der Waals surface area (Å²) in [7, 11) is -2.92. The minimum atomic E-state index is -2.92. The number of nitrogens with one attached hydrogen (secondary N) is 1. The van der Waals surface area contributed by atoms with Crippen molar-refractivity contribution in [2.24, 2.45) is 0 Å². The average Bonchev–Trinajstić information content (AvgIpc) is 3.11. The molecule has 0 radical (unpaired) electrons. The molecule has 1 saturated carbocycles. The van der Waals surface area contributed by atoms with Crippen LogP contribution in [0.15, 0.2) is 0 Å². The van der Waals surface area contributed by atoms with E-state index in [1.54, 1.807) is 0 Å². The van der Waals surface area contributed by atoms with Crippen molar-refractivity contribution in [3.63, 3.8) is 0 Å². The van der Waals surface area contributed by atoms with Crippen LogP contribution >= 0.6 is 0 Å². The number of nitrogens with zero attached hydrogens (tertiary/aromatic N) is 2. The van der Waals surface area contributed by atoms with Crippen LogP contribution in [0.1, 0.15) is 43.1 Å². The van der Waals surface area contributed by atoms with Gasteiger partial charge in [0.15, 0.2) is 9.84 Å². The van der Waals surface area contributed by atoms with Crippen LogP contribution in [0.2, 0.25) is 0 Å². The van der Waals surface area contributed by atoms with Gasteiger partial charge in [-0.3, -0.25) is 4.68 Å². The molecule has 1 atom stereocenters. The first-order valence-corrected chi connectivity index (χ1v) is 9.62. The van der Waals surface area contributed by atoms with Gasteiger partial charge in [-0.1, -0.05) is 0 Å². The summed E-state index contributed by atoms with van der Waals surface area (Å²) in [6.45, 7) is 7.10. The fourth-order valence-electron chi connectivity index (χ4n) is 3.41. The number of aromatic nitrogens is 2. The summed E-state index contributed by atoms with van der Waals surface area (Å²) in [6.07, 6.45) is 4.23. The summed E-state index contributed by atoms with van der Waals surface area (Å²) in [5, 5.41) is 8.20. The van der Waals surface area contributed by atoms with Gasteiger partial charge in [-0.15, -0.1) is 0 Å². The van der Waals surface area contributed by atoms with Gasteiger partial charge in [0.25, 0.3) is 0 Å². The van der Waals surface area contributed by atoms with Gasteiger partial charge in [0, 0.05) is 11.7 Å². The Bertz CT molecular complexity index is 646. The van der Waals surface area contributed by atoms with Crippen molar-refractivity contribution in [2.75, 3.05) is 18.1 Å². The predicted molar refractivity (Wildman–Crippen MR) is 83.3 cm³/mol. The summed E-state index contributed by atoms with van der Waals surface area (Å²) in [4.78, 5) is 0. The van der Waals surface area contributed by atoms with E-state index in [4.69, 9.17) is 0 Å². The number of aryl methyl sites for hydroxylation is 1. The highest BCUT2D eigenvalue weighted by atomic mass is 32.2. The Morgan fingerprint density at radius 3 is 2.67 bits per heavy atom. The van der Waals surface area contributed by atoms with Gasteiger partial charge in [0.2, 0.25) is 0 Å². The van der Waals surface area contributed by atoms with E-state index in [2.05, 4.69) is 17.3 Å². The molecule has 6 heteroatoms. The molecule has 1 aliphatic carbocycles. The van der Waals surface area contributed by atoms with Gasteiger partial charge < -0.3 is 5.32 Å². The molecule has 0 aromatic carbocycles. The molecule has 118 valence electrons. The molecule has 21 heavy (non-hydrogen) atoms. The van der Waals surface area contributed by atoms with Crippen LogP contribution in [0.3, 0.4) is 0 Å². The van der Waals surface area contributed by atoms with Gasteiger partial charge in [-0.2, -0.15) is 5.10 Å².